The van der Waals surface area contributed by atoms with Crippen LogP contribution in [0.2, 0.25) is 0 Å². The van der Waals surface area contributed by atoms with Crippen LogP contribution in [0.4, 0.5) is 0 Å². The molecular weight excluding hydrogens is 288 g/mol. The van der Waals surface area contributed by atoms with Gasteiger partial charge < -0.3 is 10.2 Å². The molecule has 5 unspecified atom stereocenters. The van der Waals surface area contributed by atoms with E-state index in [1.54, 1.807) is 0 Å². The van der Waals surface area contributed by atoms with Gasteiger partial charge in [-0.2, -0.15) is 0 Å². The first-order valence-corrected chi connectivity index (χ1v) is 8.07. The van der Waals surface area contributed by atoms with Gasteiger partial charge in [0.25, 0.3) is 0 Å². The van der Waals surface area contributed by atoms with Gasteiger partial charge in [0.2, 0.25) is 5.91 Å². The maximum Gasteiger partial charge on any atom is 0.247 e. The van der Waals surface area contributed by atoms with Crippen LogP contribution in [0.15, 0.2) is 41.4 Å². The van der Waals surface area contributed by atoms with Crippen LogP contribution in [-0.2, 0) is 4.79 Å². The smallest absolute Gasteiger partial charge is 0.247 e. The summed E-state index contributed by atoms with van der Waals surface area (Å²) in [7, 11) is 0. The number of allylic oxidation sites excluding steroid dienone is 2. The first kappa shape index (κ1) is 14.3. The molecule has 1 aliphatic carbocycles. The van der Waals surface area contributed by atoms with Crippen molar-refractivity contribution in [1.82, 2.24) is 15.1 Å². The Morgan fingerprint density at radius 2 is 2.17 bits per heavy atom. The number of carbonyl (C=O) groups excluding carboxylic acids is 1. The van der Waals surface area contributed by atoms with Crippen molar-refractivity contribution < 1.29 is 4.79 Å². The zero-order valence-electron chi connectivity index (χ0n) is 12.9. The maximum atomic E-state index is 12.5. The summed E-state index contributed by atoms with van der Waals surface area (Å²) in [5.74, 6) is 2.80. The molecule has 118 valence electrons. The first-order chi connectivity index (χ1) is 11.3. The summed E-state index contributed by atoms with van der Waals surface area (Å²) < 4.78 is 0. The fourth-order valence-electron chi connectivity index (χ4n) is 4.09. The highest BCUT2D eigenvalue weighted by Gasteiger charge is 2.49. The normalized spacial score (nSPS) is 37.0. The number of amides is 1. The number of hydrogen-bond donors (Lipinski definition) is 1. The van der Waals surface area contributed by atoms with E-state index in [1.165, 1.54) is 0 Å². The average molecular weight is 308 g/mol. The number of rotatable bonds is 2. The average Bonchev–Trinajstić information content (AvgIpc) is 3.17. The highest BCUT2D eigenvalue weighted by atomic mass is 16.2. The van der Waals surface area contributed by atoms with Crippen molar-refractivity contribution in [2.75, 3.05) is 19.6 Å². The van der Waals surface area contributed by atoms with Crippen molar-refractivity contribution >= 4 is 12.2 Å². The number of aliphatic imine (C=N–C) groups is 1. The van der Waals surface area contributed by atoms with Gasteiger partial charge in [-0.1, -0.05) is 42.4 Å². The summed E-state index contributed by atoms with van der Waals surface area (Å²) >= 11 is 0. The lowest BCUT2D eigenvalue weighted by Crippen LogP contribution is -2.54. The van der Waals surface area contributed by atoms with E-state index >= 15 is 0 Å². The second-order valence-electron chi connectivity index (χ2n) is 6.37. The first-order valence-electron chi connectivity index (χ1n) is 8.07. The minimum absolute atomic E-state index is 0.0256. The zero-order chi connectivity index (χ0) is 15.8. The number of nitrogens with one attached hydrogen (secondary N) is 1. The van der Waals surface area contributed by atoms with Crippen LogP contribution < -0.4 is 5.32 Å². The van der Waals surface area contributed by atoms with Gasteiger partial charge in [-0.05, 0) is 0 Å². The number of fused-ring (bicyclic) bond motifs is 5. The summed E-state index contributed by atoms with van der Waals surface area (Å²) in [5.41, 5.74) is 0. The second-order valence-corrected chi connectivity index (χ2v) is 6.37. The van der Waals surface area contributed by atoms with E-state index in [4.69, 9.17) is 6.42 Å². The molecule has 4 rings (SSSR count). The van der Waals surface area contributed by atoms with Gasteiger partial charge >= 0.3 is 0 Å². The molecule has 3 aliphatic heterocycles. The third-order valence-electron chi connectivity index (χ3n) is 5.11. The van der Waals surface area contributed by atoms with Crippen molar-refractivity contribution in [3.05, 3.63) is 36.5 Å². The third-order valence-corrected chi connectivity index (χ3v) is 5.11. The minimum atomic E-state index is -0.406. The summed E-state index contributed by atoms with van der Waals surface area (Å²) in [6, 6.07) is 0.0963. The van der Waals surface area contributed by atoms with Gasteiger partial charge in [0, 0.05) is 19.0 Å². The molecule has 1 N–H and O–H groups in total. The number of terminal acetylenes is 1. The fourth-order valence-corrected chi connectivity index (χ4v) is 4.09. The number of carbonyl (C=O) groups is 1. The van der Waals surface area contributed by atoms with Gasteiger partial charge in [-0.15, -0.1) is 6.42 Å². The SMILES string of the molecule is C#CCNC(=O)C1N=CN2C3C=CC=CC3CN3CC=CC3C12. The van der Waals surface area contributed by atoms with Gasteiger partial charge in [-0.3, -0.25) is 14.7 Å². The highest BCUT2D eigenvalue weighted by molar-refractivity contribution is 5.86. The van der Waals surface area contributed by atoms with E-state index in [9.17, 15) is 4.79 Å². The second kappa shape index (κ2) is 5.71. The molecule has 5 heteroatoms. The predicted octanol–water partition coefficient (Wildman–Crippen LogP) is 0.182. The standard InChI is InChI=1S/C18H20N4O/c1-2-9-19-18(23)16-17-15-8-5-10-21(15)11-13-6-3-4-7-14(13)22(17)12-20-16/h1,3-8,12-17H,9-11H2,(H,19,23). The van der Waals surface area contributed by atoms with E-state index in [2.05, 4.69) is 62.5 Å². The zero-order valence-corrected chi connectivity index (χ0v) is 12.9. The van der Waals surface area contributed by atoms with E-state index in [-0.39, 0.29) is 30.6 Å². The lowest BCUT2D eigenvalue weighted by Gasteiger charge is -2.36. The summed E-state index contributed by atoms with van der Waals surface area (Å²) in [5, 5.41) is 2.79. The molecule has 0 bridgehead atoms. The quantitative estimate of drug-likeness (QED) is 0.585. The molecule has 1 amide bonds. The summed E-state index contributed by atoms with van der Waals surface area (Å²) in [6.45, 7) is 2.19. The van der Waals surface area contributed by atoms with E-state index in [0.717, 1.165) is 13.1 Å². The van der Waals surface area contributed by atoms with E-state index < -0.39 is 6.04 Å². The molecule has 5 atom stereocenters. The summed E-state index contributed by atoms with van der Waals surface area (Å²) in [6.07, 6.45) is 20.2. The Morgan fingerprint density at radius 1 is 1.30 bits per heavy atom. The van der Waals surface area contributed by atoms with Crippen LogP contribution in [-0.4, -0.2) is 65.8 Å². The van der Waals surface area contributed by atoms with Crippen LogP contribution in [0.3, 0.4) is 0 Å². The fraction of sp³-hybridized carbons (Fsp3) is 0.444. The molecule has 0 aromatic rings. The molecule has 1 saturated heterocycles. The van der Waals surface area contributed by atoms with Gasteiger partial charge in [0.05, 0.1) is 31.0 Å². The van der Waals surface area contributed by atoms with Crippen LogP contribution in [0.5, 0.6) is 0 Å². The molecule has 3 heterocycles. The minimum Gasteiger partial charge on any atom is -0.348 e. The molecule has 0 radical (unpaired) electrons. The number of nitrogens with zero attached hydrogens (tertiary/aromatic N) is 3. The molecule has 0 aromatic heterocycles. The van der Waals surface area contributed by atoms with Crippen molar-refractivity contribution in [2.24, 2.45) is 10.9 Å². The highest BCUT2D eigenvalue weighted by Crippen LogP contribution is 2.35. The number of hydrogen-bond acceptors (Lipinski definition) is 4. The third kappa shape index (κ3) is 2.30. The van der Waals surface area contributed by atoms with Gasteiger partial charge in [0.15, 0.2) is 6.04 Å². The maximum absolute atomic E-state index is 12.5. The van der Waals surface area contributed by atoms with E-state index in [0.29, 0.717) is 5.92 Å². The van der Waals surface area contributed by atoms with E-state index in [1.807, 2.05) is 6.34 Å². The Morgan fingerprint density at radius 3 is 3.04 bits per heavy atom. The van der Waals surface area contributed by atoms with Crippen LogP contribution in [0.1, 0.15) is 0 Å². The van der Waals surface area contributed by atoms with Crippen molar-refractivity contribution in [3.63, 3.8) is 0 Å². The van der Waals surface area contributed by atoms with Gasteiger partial charge in [-0.25, -0.2) is 0 Å². The Kier molecular flexibility index (Phi) is 3.55. The van der Waals surface area contributed by atoms with Crippen LogP contribution in [0.25, 0.3) is 0 Å². The lowest BCUT2D eigenvalue weighted by atomic mass is 9.93. The monoisotopic (exact) mass is 308 g/mol. The molecule has 0 saturated carbocycles. The van der Waals surface area contributed by atoms with Crippen LogP contribution >= 0.6 is 0 Å². The van der Waals surface area contributed by atoms with Crippen molar-refractivity contribution in [1.29, 1.82) is 0 Å². The van der Waals surface area contributed by atoms with Crippen LogP contribution in [0, 0.1) is 18.3 Å². The largest absolute Gasteiger partial charge is 0.348 e. The molecule has 1 fully saturated rings. The van der Waals surface area contributed by atoms with Crippen molar-refractivity contribution in [3.8, 4) is 12.3 Å². The topological polar surface area (TPSA) is 47.9 Å². The van der Waals surface area contributed by atoms with Crippen molar-refractivity contribution in [2.45, 2.75) is 24.2 Å². The molecular formula is C18H20N4O. The molecule has 23 heavy (non-hydrogen) atoms. The molecule has 0 aromatic carbocycles. The Balaban J connectivity index is 1.66. The molecule has 4 aliphatic rings. The van der Waals surface area contributed by atoms with Gasteiger partial charge in [0.1, 0.15) is 0 Å². The Hall–Kier alpha value is -2.32. The Bertz CT molecular complexity index is 656. The summed E-state index contributed by atoms with van der Waals surface area (Å²) in [4.78, 5) is 21.7. The Labute approximate surface area is 136 Å². The predicted molar refractivity (Wildman–Crippen MR) is 89.8 cm³/mol. The molecule has 0 spiro atoms. The molecule has 5 nitrogen and oxygen atoms in total. The lowest BCUT2D eigenvalue weighted by molar-refractivity contribution is -0.123.